The lowest BCUT2D eigenvalue weighted by molar-refractivity contribution is -0.113. The average Bonchev–Trinajstić information content (AvgIpc) is 3.40. The molecule has 0 aliphatic rings. The first kappa shape index (κ1) is 21.1. The lowest BCUT2D eigenvalue weighted by Gasteiger charge is -2.11. The summed E-state index contributed by atoms with van der Waals surface area (Å²) in [6.07, 6.45) is 1.53. The van der Waals surface area contributed by atoms with Crippen LogP contribution in [0.15, 0.2) is 46.2 Å². The highest BCUT2D eigenvalue weighted by atomic mass is 32.2. The number of amides is 1. The minimum absolute atomic E-state index is 0.00675. The lowest BCUT2D eigenvalue weighted by atomic mass is 10.1. The Balaban J connectivity index is 1.73. The van der Waals surface area contributed by atoms with Crippen LogP contribution in [0, 0.1) is 0 Å². The Morgan fingerprint density at radius 3 is 2.57 bits per heavy atom. The molecule has 0 bridgehead atoms. The summed E-state index contributed by atoms with van der Waals surface area (Å²) in [5.74, 6) is -0.570. The van der Waals surface area contributed by atoms with Gasteiger partial charge in [-0.2, -0.15) is 0 Å². The maximum atomic E-state index is 12.5. The number of furan rings is 1. The summed E-state index contributed by atoms with van der Waals surface area (Å²) in [6.45, 7) is 0. The van der Waals surface area contributed by atoms with E-state index in [9.17, 15) is 14.4 Å². The van der Waals surface area contributed by atoms with E-state index in [0.717, 1.165) is 11.8 Å². The molecule has 0 aliphatic heterocycles. The van der Waals surface area contributed by atoms with Gasteiger partial charge in [0.25, 0.3) is 0 Å². The molecule has 2 aromatic heterocycles. The van der Waals surface area contributed by atoms with Crippen molar-refractivity contribution in [3.8, 4) is 11.6 Å². The third-order valence-corrected chi connectivity index (χ3v) is 5.05. The molecule has 1 amide bonds. The van der Waals surface area contributed by atoms with Crippen LogP contribution in [0.25, 0.3) is 11.6 Å². The van der Waals surface area contributed by atoms with Crippen molar-refractivity contribution >= 4 is 35.3 Å². The van der Waals surface area contributed by atoms with Crippen LogP contribution in [0.2, 0.25) is 0 Å². The molecule has 0 radical (unpaired) electrons. The van der Waals surface area contributed by atoms with Crippen LogP contribution in [0.1, 0.15) is 20.7 Å². The molecule has 2 heterocycles. The van der Waals surface area contributed by atoms with Gasteiger partial charge >= 0.3 is 11.9 Å². The maximum absolute atomic E-state index is 12.5. The standard InChI is InChI=1S/C19H18N4O6S/c1-23-16(14-5-4-8-29-14)21-22-19(23)30-10-15(24)20-13-9-11(17(25)27-2)6-7-12(13)18(26)28-3/h4-9H,10H2,1-3H3,(H,20,24). The van der Waals surface area contributed by atoms with E-state index in [4.69, 9.17) is 9.15 Å². The number of methoxy groups -OCH3 is 2. The number of anilines is 1. The van der Waals surface area contributed by atoms with Crippen molar-refractivity contribution in [1.82, 2.24) is 14.8 Å². The Labute approximate surface area is 175 Å². The van der Waals surface area contributed by atoms with Gasteiger partial charge in [-0.3, -0.25) is 4.79 Å². The van der Waals surface area contributed by atoms with Gasteiger partial charge in [-0.25, -0.2) is 9.59 Å². The number of benzene rings is 1. The molecule has 0 saturated heterocycles. The van der Waals surface area contributed by atoms with Crippen LogP contribution in [-0.4, -0.2) is 52.6 Å². The maximum Gasteiger partial charge on any atom is 0.339 e. The van der Waals surface area contributed by atoms with Crippen LogP contribution < -0.4 is 5.32 Å². The van der Waals surface area contributed by atoms with Gasteiger partial charge in [0.15, 0.2) is 16.7 Å². The quantitative estimate of drug-likeness (QED) is 0.444. The van der Waals surface area contributed by atoms with Crippen LogP contribution >= 0.6 is 11.8 Å². The Hall–Kier alpha value is -3.60. The first-order valence-corrected chi connectivity index (χ1v) is 9.59. The minimum Gasteiger partial charge on any atom is -0.465 e. The number of hydrogen-bond donors (Lipinski definition) is 1. The second-order valence-corrected chi connectivity index (χ2v) is 6.87. The van der Waals surface area contributed by atoms with Crippen molar-refractivity contribution in [2.75, 3.05) is 25.3 Å². The van der Waals surface area contributed by atoms with E-state index >= 15 is 0 Å². The van der Waals surface area contributed by atoms with Gasteiger partial charge in [0, 0.05) is 7.05 Å². The second-order valence-electron chi connectivity index (χ2n) is 5.92. The van der Waals surface area contributed by atoms with Crippen molar-refractivity contribution in [1.29, 1.82) is 0 Å². The van der Waals surface area contributed by atoms with E-state index in [2.05, 4.69) is 20.3 Å². The van der Waals surface area contributed by atoms with Crippen molar-refractivity contribution in [2.24, 2.45) is 7.05 Å². The minimum atomic E-state index is -0.647. The number of nitrogens with one attached hydrogen (secondary N) is 1. The van der Waals surface area contributed by atoms with E-state index in [1.807, 2.05) is 0 Å². The highest BCUT2D eigenvalue weighted by Gasteiger charge is 2.19. The molecule has 0 fully saturated rings. The summed E-state index contributed by atoms with van der Waals surface area (Å²) in [4.78, 5) is 36.2. The number of nitrogens with zero attached hydrogens (tertiary/aromatic N) is 3. The van der Waals surface area contributed by atoms with E-state index in [-0.39, 0.29) is 22.6 Å². The highest BCUT2D eigenvalue weighted by Crippen LogP contribution is 2.24. The topological polar surface area (TPSA) is 126 Å². The van der Waals surface area contributed by atoms with Gasteiger partial charge in [-0.1, -0.05) is 11.8 Å². The Morgan fingerprint density at radius 2 is 1.90 bits per heavy atom. The van der Waals surface area contributed by atoms with Crippen molar-refractivity contribution in [3.05, 3.63) is 47.7 Å². The van der Waals surface area contributed by atoms with Gasteiger partial charge in [-0.15, -0.1) is 10.2 Å². The largest absolute Gasteiger partial charge is 0.465 e. The molecule has 3 aromatic rings. The molecule has 11 heteroatoms. The normalized spacial score (nSPS) is 10.5. The average molecular weight is 430 g/mol. The number of carbonyl (C=O) groups excluding carboxylic acids is 3. The Bertz CT molecular complexity index is 1080. The van der Waals surface area contributed by atoms with Crippen LogP contribution in [0.4, 0.5) is 5.69 Å². The summed E-state index contributed by atoms with van der Waals surface area (Å²) in [7, 11) is 4.22. The first-order valence-electron chi connectivity index (χ1n) is 8.61. The Morgan fingerprint density at radius 1 is 1.13 bits per heavy atom. The summed E-state index contributed by atoms with van der Waals surface area (Å²) < 4.78 is 16.4. The lowest BCUT2D eigenvalue weighted by Crippen LogP contribution is -2.18. The van der Waals surface area contributed by atoms with E-state index in [1.54, 1.807) is 23.7 Å². The summed E-state index contributed by atoms with van der Waals surface area (Å²) >= 11 is 1.16. The fourth-order valence-electron chi connectivity index (χ4n) is 2.56. The Kier molecular flexibility index (Phi) is 6.52. The summed E-state index contributed by atoms with van der Waals surface area (Å²) in [6, 6.07) is 7.66. The molecule has 0 unspecified atom stereocenters. The summed E-state index contributed by atoms with van der Waals surface area (Å²) in [5.41, 5.74) is 0.441. The molecule has 10 nitrogen and oxygen atoms in total. The van der Waals surface area contributed by atoms with E-state index in [0.29, 0.717) is 16.7 Å². The number of hydrogen-bond acceptors (Lipinski definition) is 9. The van der Waals surface area contributed by atoms with Gasteiger partial charge in [0.05, 0.1) is 43.0 Å². The molecule has 156 valence electrons. The zero-order valence-corrected chi connectivity index (χ0v) is 17.2. The molecule has 3 rings (SSSR count). The van der Waals surface area contributed by atoms with Crippen LogP contribution in [0.5, 0.6) is 0 Å². The second kappa shape index (κ2) is 9.27. The third-order valence-electron chi connectivity index (χ3n) is 4.03. The van der Waals surface area contributed by atoms with Crippen molar-refractivity contribution in [2.45, 2.75) is 5.16 Å². The predicted octanol–water partition coefficient (Wildman–Crippen LogP) is 2.38. The van der Waals surface area contributed by atoms with E-state index < -0.39 is 17.8 Å². The first-order chi connectivity index (χ1) is 14.4. The zero-order chi connectivity index (χ0) is 21.7. The van der Waals surface area contributed by atoms with Crippen molar-refractivity contribution < 1.29 is 28.3 Å². The fourth-order valence-corrected chi connectivity index (χ4v) is 3.27. The molecule has 1 N–H and O–H groups in total. The monoisotopic (exact) mass is 430 g/mol. The molecule has 30 heavy (non-hydrogen) atoms. The number of rotatable bonds is 7. The molecular formula is C19H18N4O6S. The van der Waals surface area contributed by atoms with Gasteiger partial charge in [-0.05, 0) is 30.3 Å². The summed E-state index contributed by atoms with van der Waals surface area (Å²) in [5, 5.41) is 11.3. The number of aromatic nitrogens is 3. The smallest absolute Gasteiger partial charge is 0.339 e. The third kappa shape index (κ3) is 4.51. The van der Waals surface area contributed by atoms with Crippen molar-refractivity contribution in [3.63, 3.8) is 0 Å². The fraction of sp³-hybridized carbons (Fsp3) is 0.211. The predicted molar refractivity (Wildman–Crippen MR) is 107 cm³/mol. The van der Waals surface area contributed by atoms with Crippen LogP contribution in [-0.2, 0) is 21.3 Å². The zero-order valence-electron chi connectivity index (χ0n) is 16.4. The number of esters is 2. The number of carbonyl (C=O) groups is 3. The molecular weight excluding hydrogens is 412 g/mol. The molecule has 0 atom stereocenters. The molecule has 0 aliphatic carbocycles. The SMILES string of the molecule is COC(=O)c1ccc(C(=O)OC)c(NC(=O)CSc2nnc(-c3ccco3)n2C)c1. The van der Waals surface area contributed by atoms with Crippen LogP contribution in [0.3, 0.4) is 0 Å². The van der Waals surface area contributed by atoms with Gasteiger partial charge < -0.3 is 23.8 Å². The van der Waals surface area contributed by atoms with E-state index in [1.165, 1.54) is 38.7 Å². The number of thioether (sulfide) groups is 1. The number of ether oxygens (including phenoxy) is 2. The van der Waals surface area contributed by atoms with Gasteiger partial charge in [0.1, 0.15) is 0 Å². The molecule has 1 aromatic carbocycles. The molecule has 0 spiro atoms. The highest BCUT2D eigenvalue weighted by molar-refractivity contribution is 7.99. The van der Waals surface area contributed by atoms with Gasteiger partial charge in [0.2, 0.25) is 5.91 Å². The molecule has 0 saturated carbocycles.